The van der Waals surface area contributed by atoms with Gasteiger partial charge in [-0.1, -0.05) is 17.7 Å². The molecule has 0 atom stereocenters. The highest BCUT2D eigenvalue weighted by molar-refractivity contribution is 7.92. The van der Waals surface area contributed by atoms with E-state index in [0.717, 1.165) is 11.1 Å². The van der Waals surface area contributed by atoms with E-state index in [0.29, 0.717) is 5.69 Å². The van der Waals surface area contributed by atoms with Crippen molar-refractivity contribution in [1.29, 1.82) is 0 Å². The van der Waals surface area contributed by atoms with Crippen LogP contribution in [0.25, 0.3) is 0 Å². The lowest BCUT2D eigenvalue weighted by Crippen LogP contribution is -2.18. The third kappa shape index (κ3) is 2.89. The summed E-state index contributed by atoms with van der Waals surface area (Å²) in [4.78, 5) is 3.83. The number of sulfonamides is 1. The van der Waals surface area contributed by atoms with Gasteiger partial charge in [-0.2, -0.15) is 0 Å². The summed E-state index contributed by atoms with van der Waals surface area (Å²) in [7, 11) is -3.75. The van der Waals surface area contributed by atoms with Crippen LogP contribution in [0.2, 0.25) is 0 Å². The van der Waals surface area contributed by atoms with Crippen LogP contribution in [-0.2, 0) is 10.0 Å². The van der Waals surface area contributed by atoms with Gasteiger partial charge in [0, 0.05) is 12.4 Å². The minimum absolute atomic E-state index is 0.00229. The average Bonchev–Trinajstić information content (AvgIpc) is 2.42. The van der Waals surface area contributed by atoms with E-state index in [1.807, 2.05) is 26.0 Å². The number of nitrogen functional groups attached to an aromatic ring is 1. The lowest BCUT2D eigenvalue weighted by atomic mass is 10.1. The number of benzene rings is 1. The molecule has 0 radical (unpaired) electrons. The number of hydrazine groups is 1. The number of aromatic nitrogens is 1. The van der Waals surface area contributed by atoms with Crippen molar-refractivity contribution in [3.05, 3.63) is 47.8 Å². The van der Waals surface area contributed by atoms with Crippen molar-refractivity contribution in [3.8, 4) is 0 Å². The van der Waals surface area contributed by atoms with Crippen LogP contribution in [0.15, 0.2) is 41.6 Å². The highest BCUT2D eigenvalue weighted by atomic mass is 32.2. The summed E-state index contributed by atoms with van der Waals surface area (Å²) in [6.45, 7) is 3.79. The highest BCUT2D eigenvalue weighted by Gasteiger charge is 2.19. The van der Waals surface area contributed by atoms with E-state index in [1.165, 1.54) is 18.5 Å². The van der Waals surface area contributed by atoms with Crippen LogP contribution >= 0.6 is 0 Å². The predicted molar refractivity (Wildman–Crippen MR) is 78.8 cm³/mol. The van der Waals surface area contributed by atoms with Crippen LogP contribution < -0.4 is 16.0 Å². The lowest BCUT2D eigenvalue weighted by molar-refractivity contribution is 0.601. The number of pyridine rings is 1. The quantitative estimate of drug-likeness (QED) is 0.589. The first-order chi connectivity index (χ1) is 9.44. The molecule has 20 heavy (non-hydrogen) atoms. The van der Waals surface area contributed by atoms with Crippen LogP contribution in [0.1, 0.15) is 11.1 Å². The minimum Gasteiger partial charge on any atom is -0.323 e. The SMILES string of the molecule is Cc1ccc(NS(=O)(=O)c2cnccc2NN)c(C)c1. The molecule has 7 heteroatoms. The van der Waals surface area contributed by atoms with Crippen LogP contribution in [0, 0.1) is 13.8 Å². The fourth-order valence-electron chi connectivity index (χ4n) is 1.84. The smallest absolute Gasteiger partial charge is 0.265 e. The Morgan fingerprint density at radius 3 is 2.55 bits per heavy atom. The number of rotatable bonds is 4. The van der Waals surface area contributed by atoms with E-state index in [1.54, 1.807) is 6.07 Å². The largest absolute Gasteiger partial charge is 0.323 e. The second-order valence-corrected chi connectivity index (χ2v) is 6.09. The Balaban J connectivity index is 2.41. The number of nitrogens with zero attached hydrogens (tertiary/aromatic N) is 1. The molecular formula is C13H16N4O2S. The van der Waals surface area contributed by atoms with Crippen molar-refractivity contribution in [2.24, 2.45) is 5.84 Å². The van der Waals surface area contributed by atoms with Crippen molar-refractivity contribution < 1.29 is 8.42 Å². The third-order valence-electron chi connectivity index (χ3n) is 2.86. The van der Waals surface area contributed by atoms with Gasteiger partial charge in [0.05, 0.1) is 11.4 Å². The topological polar surface area (TPSA) is 97.1 Å². The van der Waals surface area contributed by atoms with Crippen LogP contribution in [0.3, 0.4) is 0 Å². The molecular weight excluding hydrogens is 276 g/mol. The van der Waals surface area contributed by atoms with Gasteiger partial charge in [0.2, 0.25) is 0 Å². The Bertz CT molecular complexity index is 729. The molecule has 2 rings (SSSR count). The Labute approximate surface area is 118 Å². The van der Waals surface area contributed by atoms with Crippen LogP contribution in [-0.4, -0.2) is 13.4 Å². The zero-order valence-corrected chi connectivity index (χ0v) is 12.0. The normalized spacial score (nSPS) is 11.2. The van der Waals surface area contributed by atoms with Crippen molar-refractivity contribution >= 4 is 21.4 Å². The zero-order chi connectivity index (χ0) is 14.8. The molecule has 1 aromatic carbocycles. The van der Waals surface area contributed by atoms with Gasteiger partial charge in [0.25, 0.3) is 10.0 Å². The van der Waals surface area contributed by atoms with Gasteiger partial charge in [0.1, 0.15) is 4.90 Å². The van der Waals surface area contributed by atoms with Crippen LogP contribution in [0.5, 0.6) is 0 Å². The molecule has 0 spiro atoms. The molecule has 0 bridgehead atoms. The zero-order valence-electron chi connectivity index (χ0n) is 11.2. The summed E-state index contributed by atoms with van der Waals surface area (Å²) in [5.74, 6) is 5.32. The Kier molecular flexibility index (Phi) is 3.91. The molecule has 0 saturated carbocycles. The van der Waals surface area contributed by atoms with E-state index < -0.39 is 10.0 Å². The van der Waals surface area contributed by atoms with Gasteiger partial charge in [-0.3, -0.25) is 15.5 Å². The molecule has 0 aliphatic heterocycles. The first-order valence-corrected chi connectivity index (χ1v) is 7.43. The van der Waals surface area contributed by atoms with E-state index in [-0.39, 0.29) is 10.6 Å². The number of anilines is 2. The molecule has 0 fully saturated rings. The summed E-state index contributed by atoms with van der Waals surface area (Å²) in [6.07, 6.45) is 2.71. The van der Waals surface area contributed by atoms with Gasteiger partial charge in [0.15, 0.2) is 0 Å². The van der Waals surface area contributed by atoms with E-state index in [4.69, 9.17) is 5.84 Å². The minimum atomic E-state index is -3.75. The first-order valence-electron chi connectivity index (χ1n) is 5.95. The summed E-state index contributed by atoms with van der Waals surface area (Å²) in [5.41, 5.74) is 5.08. The summed E-state index contributed by atoms with van der Waals surface area (Å²) >= 11 is 0. The fraction of sp³-hybridized carbons (Fsp3) is 0.154. The number of hydrogen-bond acceptors (Lipinski definition) is 5. The van der Waals surface area contributed by atoms with E-state index in [9.17, 15) is 8.42 Å². The Morgan fingerprint density at radius 1 is 1.15 bits per heavy atom. The molecule has 0 amide bonds. The van der Waals surface area contributed by atoms with Crippen LogP contribution in [0.4, 0.5) is 11.4 Å². The molecule has 6 nitrogen and oxygen atoms in total. The lowest BCUT2D eigenvalue weighted by Gasteiger charge is -2.13. The van der Waals surface area contributed by atoms with Gasteiger partial charge < -0.3 is 5.43 Å². The summed E-state index contributed by atoms with van der Waals surface area (Å²) in [6, 6.07) is 6.98. The van der Waals surface area contributed by atoms with Gasteiger partial charge in [-0.05, 0) is 31.5 Å². The van der Waals surface area contributed by atoms with Gasteiger partial charge in [-0.25, -0.2) is 8.42 Å². The van der Waals surface area contributed by atoms with Crippen molar-refractivity contribution in [1.82, 2.24) is 4.98 Å². The number of nitrogens with one attached hydrogen (secondary N) is 2. The molecule has 1 aromatic heterocycles. The summed E-state index contributed by atoms with van der Waals surface area (Å²) < 4.78 is 27.3. The number of hydrogen-bond donors (Lipinski definition) is 3. The molecule has 2 aromatic rings. The highest BCUT2D eigenvalue weighted by Crippen LogP contribution is 2.24. The number of nitrogens with two attached hydrogens (primary N) is 1. The molecule has 0 aliphatic rings. The van der Waals surface area contributed by atoms with Gasteiger partial charge >= 0.3 is 0 Å². The second-order valence-electron chi connectivity index (χ2n) is 4.44. The first kappa shape index (κ1) is 14.3. The van der Waals surface area contributed by atoms with Gasteiger partial charge in [-0.15, -0.1) is 0 Å². The molecule has 4 N–H and O–H groups in total. The average molecular weight is 292 g/mol. The van der Waals surface area contributed by atoms with E-state index >= 15 is 0 Å². The maximum atomic E-state index is 12.4. The monoisotopic (exact) mass is 292 g/mol. The predicted octanol–water partition coefficient (Wildman–Crippen LogP) is 1.78. The molecule has 106 valence electrons. The maximum absolute atomic E-state index is 12.4. The third-order valence-corrected chi connectivity index (χ3v) is 4.25. The summed E-state index contributed by atoms with van der Waals surface area (Å²) in [5, 5.41) is 0. The number of aryl methyl sites for hydroxylation is 2. The van der Waals surface area contributed by atoms with Crippen molar-refractivity contribution in [2.45, 2.75) is 18.7 Å². The van der Waals surface area contributed by atoms with Crippen molar-refractivity contribution in [2.75, 3.05) is 10.1 Å². The molecule has 1 heterocycles. The second kappa shape index (κ2) is 5.48. The molecule has 0 saturated heterocycles. The Hall–Kier alpha value is -2.12. The standard InChI is InChI=1S/C13H16N4O2S/c1-9-3-4-11(10(2)7-9)17-20(18,19)13-8-15-6-5-12(13)16-14/h3-8,17H,14H2,1-2H3,(H,15,16). The maximum Gasteiger partial charge on any atom is 0.265 e. The van der Waals surface area contributed by atoms with Crippen molar-refractivity contribution in [3.63, 3.8) is 0 Å². The fourth-order valence-corrected chi connectivity index (χ4v) is 3.09. The Morgan fingerprint density at radius 2 is 1.90 bits per heavy atom. The molecule has 0 unspecified atom stereocenters. The molecule has 0 aliphatic carbocycles. The van der Waals surface area contributed by atoms with E-state index in [2.05, 4.69) is 15.1 Å².